The summed E-state index contributed by atoms with van der Waals surface area (Å²) in [5.41, 5.74) is 1.60. The van der Waals surface area contributed by atoms with E-state index in [9.17, 15) is 9.50 Å². The van der Waals surface area contributed by atoms with Crippen molar-refractivity contribution in [3.05, 3.63) is 47.0 Å². The minimum Gasteiger partial charge on any atom is -0.497 e. The molecule has 1 aromatic heterocycles. The van der Waals surface area contributed by atoms with Gasteiger partial charge in [0.25, 0.3) is 0 Å². The van der Waals surface area contributed by atoms with E-state index in [1.807, 2.05) is 13.8 Å². The molecular weight excluding hydrogens is 247 g/mol. The molecule has 2 rings (SSSR count). The van der Waals surface area contributed by atoms with Gasteiger partial charge in [-0.05, 0) is 32.0 Å². The molecule has 0 saturated heterocycles. The Hall–Kier alpha value is -1.88. The quantitative estimate of drug-likeness (QED) is 0.922. The van der Waals surface area contributed by atoms with Crippen molar-refractivity contribution in [2.45, 2.75) is 26.5 Å². The molecule has 0 aliphatic heterocycles. The van der Waals surface area contributed by atoms with E-state index in [1.165, 1.54) is 19.2 Å². The SMILES string of the molecule is CCn1nc(C)cc1C(O)c1ccc(OC)cc1F. The van der Waals surface area contributed by atoms with Gasteiger partial charge in [-0.3, -0.25) is 4.68 Å². The van der Waals surface area contributed by atoms with Crippen LogP contribution in [0.4, 0.5) is 4.39 Å². The van der Waals surface area contributed by atoms with Gasteiger partial charge in [-0.25, -0.2) is 4.39 Å². The van der Waals surface area contributed by atoms with Crippen LogP contribution in [0.1, 0.15) is 30.0 Å². The Morgan fingerprint density at radius 3 is 2.74 bits per heavy atom. The van der Waals surface area contributed by atoms with Crippen LogP contribution in [0.25, 0.3) is 0 Å². The second-order valence-corrected chi connectivity index (χ2v) is 4.32. The molecule has 0 spiro atoms. The van der Waals surface area contributed by atoms with E-state index < -0.39 is 11.9 Å². The lowest BCUT2D eigenvalue weighted by Gasteiger charge is -2.14. The number of benzene rings is 1. The Labute approximate surface area is 111 Å². The smallest absolute Gasteiger partial charge is 0.133 e. The summed E-state index contributed by atoms with van der Waals surface area (Å²) in [4.78, 5) is 0. The van der Waals surface area contributed by atoms with Crippen LogP contribution < -0.4 is 4.74 Å². The standard InChI is InChI=1S/C14H17FN2O2/c1-4-17-13(7-9(2)16-17)14(18)11-6-5-10(19-3)8-12(11)15/h5-8,14,18H,4H2,1-3H3. The number of methoxy groups -OCH3 is 1. The molecular formula is C14H17FN2O2. The van der Waals surface area contributed by atoms with E-state index in [0.29, 0.717) is 18.0 Å². The first-order valence-electron chi connectivity index (χ1n) is 6.12. The van der Waals surface area contributed by atoms with Crippen molar-refractivity contribution in [3.63, 3.8) is 0 Å². The summed E-state index contributed by atoms with van der Waals surface area (Å²) in [5.74, 6) is -0.0676. The van der Waals surface area contributed by atoms with Crippen LogP contribution in [0, 0.1) is 12.7 Å². The average molecular weight is 264 g/mol. The minimum absolute atomic E-state index is 0.218. The summed E-state index contributed by atoms with van der Waals surface area (Å²) < 4.78 is 20.6. The normalized spacial score (nSPS) is 12.5. The van der Waals surface area contributed by atoms with Crippen molar-refractivity contribution < 1.29 is 14.2 Å². The summed E-state index contributed by atoms with van der Waals surface area (Å²) in [5, 5.41) is 14.6. The van der Waals surface area contributed by atoms with E-state index in [4.69, 9.17) is 4.74 Å². The fourth-order valence-corrected chi connectivity index (χ4v) is 2.05. The van der Waals surface area contributed by atoms with Crippen molar-refractivity contribution in [1.82, 2.24) is 9.78 Å². The number of ether oxygens (including phenoxy) is 1. The molecule has 0 aliphatic carbocycles. The lowest BCUT2D eigenvalue weighted by atomic mass is 10.1. The number of hydrogen-bond acceptors (Lipinski definition) is 3. The third-order valence-corrected chi connectivity index (χ3v) is 3.02. The molecule has 1 heterocycles. The minimum atomic E-state index is -1.04. The fourth-order valence-electron chi connectivity index (χ4n) is 2.05. The molecule has 1 atom stereocenters. The topological polar surface area (TPSA) is 47.3 Å². The molecule has 102 valence electrons. The number of aromatic nitrogens is 2. The molecule has 0 fully saturated rings. The first kappa shape index (κ1) is 13.5. The highest BCUT2D eigenvalue weighted by Gasteiger charge is 2.19. The van der Waals surface area contributed by atoms with Crippen LogP contribution >= 0.6 is 0 Å². The van der Waals surface area contributed by atoms with E-state index in [-0.39, 0.29) is 5.56 Å². The van der Waals surface area contributed by atoms with Gasteiger partial charge >= 0.3 is 0 Å². The van der Waals surface area contributed by atoms with Crippen LogP contribution in [0.15, 0.2) is 24.3 Å². The van der Waals surface area contributed by atoms with Gasteiger partial charge in [0.05, 0.1) is 18.5 Å². The number of aliphatic hydroxyl groups is 1. The van der Waals surface area contributed by atoms with Crippen LogP contribution in [-0.4, -0.2) is 22.0 Å². The predicted octanol–water partition coefficient (Wildman–Crippen LogP) is 2.44. The van der Waals surface area contributed by atoms with Crippen molar-refractivity contribution in [1.29, 1.82) is 0 Å². The highest BCUT2D eigenvalue weighted by atomic mass is 19.1. The summed E-state index contributed by atoms with van der Waals surface area (Å²) in [6, 6.07) is 6.18. The molecule has 0 saturated carbocycles. The molecule has 1 aromatic carbocycles. The molecule has 5 heteroatoms. The molecule has 1 unspecified atom stereocenters. The molecule has 0 amide bonds. The molecule has 4 nitrogen and oxygen atoms in total. The summed E-state index contributed by atoms with van der Waals surface area (Å²) >= 11 is 0. The predicted molar refractivity (Wildman–Crippen MR) is 69.7 cm³/mol. The number of aliphatic hydroxyl groups excluding tert-OH is 1. The second-order valence-electron chi connectivity index (χ2n) is 4.32. The number of halogens is 1. The van der Waals surface area contributed by atoms with Crippen LogP contribution in [0.2, 0.25) is 0 Å². The maximum Gasteiger partial charge on any atom is 0.133 e. The fraction of sp³-hybridized carbons (Fsp3) is 0.357. The van der Waals surface area contributed by atoms with E-state index in [0.717, 1.165) is 5.69 Å². The molecule has 0 aliphatic rings. The van der Waals surface area contributed by atoms with Gasteiger partial charge in [0, 0.05) is 18.2 Å². The highest BCUT2D eigenvalue weighted by Crippen LogP contribution is 2.27. The Bertz CT molecular complexity index is 581. The Morgan fingerprint density at radius 2 is 2.16 bits per heavy atom. The molecule has 0 radical (unpaired) electrons. The van der Waals surface area contributed by atoms with Gasteiger partial charge in [-0.2, -0.15) is 5.10 Å². The lowest BCUT2D eigenvalue weighted by molar-refractivity contribution is 0.202. The number of hydrogen-bond donors (Lipinski definition) is 1. The third-order valence-electron chi connectivity index (χ3n) is 3.02. The number of aryl methyl sites for hydroxylation is 2. The molecule has 0 bridgehead atoms. The zero-order chi connectivity index (χ0) is 14.0. The molecule has 1 N–H and O–H groups in total. The first-order chi connectivity index (χ1) is 9.06. The maximum absolute atomic E-state index is 13.9. The van der Waals surface area contributed by atoms with Gasteiger partial charge < -0.3 is 9.84 Å². The second kappa shape index (κ2) is 5.40. The van der Waals surface area contributed by atoms with Gasteiger partial charge in [0.15, 0.2) is 0 Å². The van der Waals surface area contributed by atoms with Crippen molar-refractivity contribution in [3.8, 4) is 5.75 Å². The van der Waals surface area contributed by atoms with E-state index in [2.05, 4.69) is 5.10 Å². The monoisotopic (exact) mass is 264 g/mol. The van der Waals surface area contributed by atoms with Gasteiger partial charge in [0.1, 0.15) is 17.7 Å². The Kier molecular flexibility index (Phi) is 3.85. The number of nitrogens with zero attached hydrogens (tertiary/aromatic N) is 2. The number of rotatable bonds is 4. The van der Waals surface area contributed by atoms with Gasteiger partial charge in [-0.15, -0.1) is 0 Å². The van der Waals surface area contributed by atoms with Crippen LogP contribution in [0.3, 0.4) is 0 Å². The van der Waals surface area contributed by atoms with Crippen LogP contribution in [0.5, 0.6) is 5.75 Å². The summed E-state index contributed by atoms with van der Waals surface area (Å²) in [6.45, 7) is 4.39. The van der Waals surface area contributed by atoms with Crippen LogP contribution in [-0.2, 0) is 6.54 Å². The first-order valence-corrected chi connectivity index (χ1v) is 6.12. The van der Waals surface area contributed by atoms with E-state index >= 15 is 0 Å². The average Bonchev–Trinajstić information content (AvgIpc) is 2.79. The van der Waals surface area contributed by atoms with Gasteiger partial charge in [-0.1, -0.05) is 0 Å². The maximum atomic E-state index is 13.9. The zero-order valence-electron chi connectivity index (χ0n) is 11.2. The highest BCUT2D eigenvalue weighted by molar-refractivity contribution is 5.34. The van der Waals surface area contributed by atoms with Crippen molar-refractivity contribution in [2.24, 2.45) is 0 Å². The zero-order valence-corrected chi connectivity index (χ0v) is 11.2. The molecule has 2 aromatic rings. The Morgan fingerprint density at radius 1 is 1.42 bits per heavy atom. The van der Waals surface area contributed by atoms with Crippen molar-refractivity contribution >= 4 is 0 Å². The molecule has 19 heavy (non-hydrogen) atoms. The van der Waals surface area contributed by atoms with E-state index in [1.54, 1.807) is 16.8 Å². The van der Waals surface area contributed by atoms with Crippen molar-refractivity contribution in [2.75, 3.05) is 7.11 Å². The summed E-state index contributed by atoms with van der Waals surface area (Å²) in [6.07, 6.45) is -1.04. The lowest BCUT2D eigenvalue weighted by Crippen LogP contribution is -2.10. The summed E-state index contributed by atoms with van der Waals surface area (Å²) in [7, 11) is 1.47. The third kappa shape index (κ3) is 2.61. The van der Waals surface area contributed by atoms with Gasteiger partial charge in [0.2, 0.25) is 0 Å². The Balaban J connectivity index is 2.40. The largest absolute Gasteiger partial charge is 0.497 e.